The minimum atomic E-state index is -2.37. The van der Waals surface area contributed by atoms with Gasteiger partial charge in [0, 0.05) is 4.90 Å². The van der Waals surface area contributed by atoms with Gasteiger partial charge in [-0.2, -0.15) is 10.5 Å². The van der Waals surface area contributed by atoms with Crippen molar-refractivity contribution < 1.29 is 8.76 Å². The average molecular weight is 217 g/mol. The summed E-state index contributed by atoms with van der Waals surface area (Å²) in [5, 5.41) is 17.0. The van der Waals surface area contributed by atoms with Crippen molar-refractivity contribution in [2.45, 2.75) is 4.90 Å². The maximum absolute atomic E-state index is 10.8. The number of rotatable bonds is 2. The summed E-state index contributed by atoms with van der Waals surface area (Å²) in [6.07, 6.45) is 1.24. The van der Waals surface area contributed by atoms with Crippen molar-refractivity contribution in [2.24, 2.45) is 0 Å². The van der Waals surface area contributed by atoms with Crippen molar-refractivity contribution in [1.82, 2.24) is 0 Å². The number of hydrogen-bond acceptors (Lipinski definition) is 4. The number of hydrogen-bond donors (Lipinski definition) is 0. The third-order valence-electron chi connectivity index (χ3n) is 1.64. The Hall–Kier alpha value is -1.95. The fraction of sp³-hybridized carbons (Fsp3) is 0. The highest BCUT2D eigenvalue weighted by molar-refractivity contribution is 7.79. The highest BCUT2D eigenvalue weighted by atomic mass is 32.2. The normalized spacial score (nSPS) is 10.9. The third kappa shape index (κ3) is 2.75. The fourth-order valence-electron chi connectivity index (χ4n) is 0.997. The van der Waals surface area contributed by atoms with Crippen LogP contribution in [-0.4, -0.2) is 8.76 Å². The lowest BCUT2D eigenvalue weighted by Gasteiger charge is -2.07. The van der Waals surface area contributed by atoms with Crippen LogP contribution in [-0.2, 0) is 11.1 Å². The molecule has 5 heteroatoms. The summed E-state index contributed by atoms with van der Waals surface area (Å²) in [7, 11) is 0. The van der Waals surface area contributed by atoms with E-state index in [1.807, 2.05) is 0 Å². The van der Waals surface area contributed by atoms with Gasteiger partial charge in [0.1, 0.15) is 17.7 Å². The minimum absolute atomic E-state index is 0.0699. The van der Waals surface area contributed by atoms with Crippen molar-refractivity contribution >= 4 is 17.2 Å². The van der Waals surface area contributed by atoms with Crippen LogP contribution in [0.3, 0.4) is 0 Å². The van der Waals surface area contributed by atoms with Gasteiger partial charge in [-0.3, -0.25) is 4.21 Å². The van der Waals surface area contributed by atoms with Crippen LogP contribution in [0.25, 0.3) is 6.08 Å². The van der Waals surface area contributed by atoms with Crippen molar-refractivity contribution in [2.75, 3.05) is 0 Å². The van der Waals surface area contributed by atoms with E-state index in [1.165, 1.54) is 18.2 Å². The van der Waals surface area contributed by atoms with E-state index in [0.717, 1.165) is 0 Å². The minimum Gasteiger partial charge on any atom is -0.768 e. The zero-order valence-corrected chi connectivity index (χ0v) is 8.32. The summed E-state index contributed by atoms with van der Waals surface area (Å²) >= 11 is -2.37. The summed E-state index contributed by atoms with van der Waals surface area (Å²) in [5.74, 6) is 0. The summed E-state index contributed by atoms with van der Waals surface area (Å²) in [6, 6.07) is 9.47. The molecule has 1 aromatic carbocycles. The zero-order chi connectivity index (χ0) is 11.3. The van der Waals surface area contributed by atoms with E-state index in [9.17, 15) is 8.76 Å². The molecule has 0 spiro atoms. The van der Waals surface area contributed by atoms with Crippen molar-refractivity contribution in [3.63, 3.8) is 0 Å². The zero-order valence-electron chi connectivity index (χ0n) is 7.51. The molecule has 0 aliphatic rings. The van der Waals surface area contributed by atoms with Crippen molar-refractivity contribution in [3.8, 4) is 12.1 Å². The van der Waals surface area contributed by atoms with Crippen LogP contribution in [0.15, 0.2) is 34.7 Å². The fourth-order valence-corrected chi connectivity index (χ4v) is 1.51. The molecule has 0 heterocycles. The average Bonchev–Trinajstić information content (AvgIpc) is 2.26. The molecule has 0 saturated carbocycles. The molecule has 1 rings (SSSR count). The van der Waals surface area contributed by atoms with Gasteiger partial charge in [-0.1, -0.05) is 18.2 Å². The van der Waals surface area contributed by atoms with Gasteiger partial charge in [0.25, 0.3) is 0 Å². The smallest absolute Gasteiger partial charge is 0.130 e. The van der Waals surface area contributed by atoms with Crippen LogP contribution < -0.4 is 0 Å². The largest absolute Gasteiger partial charge is 0.768 e. The summed E-state index contributed by atoms with van der Waals surface area (Å²) in [4.78, 5) is 0.0699. The van der Waals surface area contributed by atoms with E-state index in [4.69, 9.17) is 10.5 Å². The molecule has 0 aromatic heterocycles. The topological polar surface area (TPSA) is 87.7 Å². The standard InChI is InChI=1S/C10H6N2O2S/c11-6-8(7-12)5-9-3-1-2-4-10(9)15(13)14/h1-5H,(H,13,14)/p-1. The van der Waals surface area contributed by atoms with Crippen LogP contribution in [0.5, 0.6) is 0 Å². The molecule has 74 valence electrons. The van der Waals surface area contributed by atoms with Gasteiger partial charge in [-0.05, 0) is 28.8 Å². The molecule has 0 radical (unpaired) electrons. The molecular weight excluding hydrogens is 212 g/mol. The monoisotopic (exact) mass is 217 g/mol. The Morgan fingerprint density at radius 2 is 1.93 bits per heavy atom. The Bertz CT molecular complexity index is 493. The van der Waals surface area contributed by atoms with Gasteiger partial charge < -0.3 is 4.55 Å². The van der Waals surface area contributed by atoms with Crippen LogP contribution >= 0.6 is 0 Å². The number of nitrogens with zero attached hydrogens (tertiary/aromatic N) is 2. The highest BCUT2D eigenvalue weighted by Gasteiger charge is 2.00. The third-order valence-corrected chi connectivity index (χ3v) is 2.37. The molecule has 0 amide bonds. The Kier molecular flexibility index (Phi) is 3.75. The predicted octanol–water partition coefficient (Wildman–Crippen LogP) is 1.36. The second kappa shape index (κ2) is 5.06. The molecule has 0 saturated heterocycles. The Morgan fingerprint density at radius 3 is 2.47 bits per heavy atom. The SMILES string of the molecule is N#CC(C#N)=Cc1ccccc1S(=O)[O-]. The van der Waals surface area contributed by atoms with Gasteiger partial charge >= 0.3 is 0 Å². The van der Waals surface area contributed by atoms with E-state index in [2.05, 4.69) is 0 Å². The molecule has 0 fully saturated rings. The Labute approximate surface area is 89.4 Å². The first kappa shape index (κ1) is 11.1. The van der Waals surface area contributed by atoms with Crippen LogP contribution in [0.2, 0.25) is 0 Å². The molecule has 1 atom stereocenters. The summed E-state index contributed by atoms with van der Waals surface area (Å²) in [6.45, 7) is 0. The second-order valence-electron chi connectivity index (χ2n) is 2.55. The van der Waals surface area contributed by atoms with E-state index in [1.54, 1.807) is 24.3 Å². The summed E-state index contributed by atoms with van der Waals surface area (Å²) < 4.78 is 21.6. The van der Waals surface area contributed by atoms with Crippen LogP contribution in [0.1, 0.15) is 5.56 Å². The molecule has 0 N–H and O–H groups in total. The molecule has 15 heavy (non-hydrogen) atoms. The van der Waals surface area contributed by atoms with Crippen molar-refractivity contribution in [3.05, 3.63) is 35.4 Å². The van der Waals surface area contributed by atoms with Crippen LogP contribution in [0, 0.1) is 22.7 Å². The maximum Gasteiger partial charge on any atom is 0.130 e. The first-order chi connectivity index (χ1) is 7.19. The van der Waals surface area contributed by atoms with E-state index < -0.39 is 11.1 Å². The van der Waals surface area contributed by atoms with Crippen LogP contribution in [0.4, 0.5) is 0 Å². The lowest BCUT2D eigenvalue weighted by Crippen LogP contribution is -1.92. The number of allylic oxidation sites excluding steroid dienone is 1. The first-order valence-corrected chi connectivity index (χ1v) is 4.96. The lowest BCUT2D eigenvalue weighted by atomic mass is 10.1. The molecule has 1 unspecified atom stereocenters. The summed E-state index contributed by atoms with van der Waals surface area (Å²) in [5.41, 5.74) is 0.205. The molecular formula is C10H5N2O2S-. The number of benzene rings is 1. The van der Waals surface area contributed by atoms with Gasteiger partial charge in [0.2, 0.25) is 0 Å². The van der Waals surface area contributed by atoms with E-state index in [-0.39, 0.29) is 10.5 Å². The molecule has 4 nitrogen and oxygen atoms in total. The lowest BCUT2D eigenvalue weighted by molar-refractivity contribution is 0.537. The predicted molar refractivity (Wildman–Crippen MR) is 52.8 cm³/mol. The highest BCUT2D eigenvalue weighted by Crippen LogP contribution is 2.15. The Morgan fingerprint density at radius 1 is 1.33 bits per heavy atom. The van der Waals surface area contributed by atoms with Gasteiger partial charge in [-0.25, -0.2) is 0 Å². The van der Waals surface area contributed by atoms with Gasteiger partial charge in [0.05, 0.1) is 0 Å². The van der Waals surface area contributed by atoms with Gasteiger partial charge in [-0.15, -0.1) is 0 Å². The first-order valence-electron chi connectivity index (χ1n) is 3.89. The van der Waals surface area contributed by atoms with E-state index >= 15 is 0 Å². The van der Waals surface area contributed by atoms with E-state index in [0.29, 0.717) is 5.56 Å². The molecule has 0 aliphatic heterocycles. The van der Waals surface area contributed by atoms with Crippen molar-refractivity contribution in [1.29, 1.82) is 10.5 Å². The second-order valence-corrected chi connectivity index (χ2v) is 3.46. The quantitative estimate of drug-likeness (QED) is 0.552. The van der Waals surface area contributed by atoms with Gasteiger partial charge in [0.15, 0.2) is 0 Å². The maximum atomic E-state index is 10.8. The molecule has 1 aromatic rings. The number of nitriles is 2. The Balaban J connectivity index is 3.29. The molecule has 0 bridgehead atoms. The molecule has 0 aliphatic carbocycles.